The normalized spacial score (nSPS) is 14.3. The number of phosphoric acid groups is 1. The highest BCUT2D eigenvalue weighted by atomic mass is 31.2. The van der Waals surface area contributed by atoms with Gasteiger partial charge >= 0.3 is 7.82 Å². The van der Waals surface area contributed by atoms with E-state index in [2.05, 4.69) is 43.5 Å². The number of hydrogen-bond donors (Lipinski definition) is 3. The summed E-state index contributed by atoms with van der Waals surface area (Å²) in [5.74, 6) is -0.195. The smallest absolute Gasteiger partial charge is 0.387 e. The fraction of sp³-hybridized carbons (Fsp3) is 0.870. The lowest BCUT2D eigenvalue weighted by Crippen LogP contribution is -2.45. The number of hydrogen-bond acceptors (Lipinski definition) is 5. The number of unbranched alkanes of at least 4 members (excludes halogenated alkanes) is 32. The maximum atomic E-state index is 12.9. The topological polar surface area (TPSA) is 105 Å². The molecule has 0 radical (unpaired) electrons. The molecule has 3 atom stereocenters. The Bertz CT molecular complexity index is 1120. The first-order valence-corrected chi connectivity index (χ1v) is 28.4. The molecule has 9 heteroatoms. The van der Waals surface area contributed by atoms with Gasteiger partial charge in [-0.15, -0.1) is 0 Å². The molecule has 0 saturated carbocycles. The predicted molar refractivity (Wildman–Crippen MR) is 272 cm³/mol. The van der Waals surface area contributed by atoms with Crippen molar-refractivity contribution in [2.45, 2.75) is 264 Å². The van der Waals surface area contributed by atoms with Gasteiger partial charge in [0.25, 0.3) is 0 Å². The summed E-state index contributed by atoms with van der Waals surface area (Å²) in [5.41, 5.74) is 0. The van der Waals surface area contributed by atoms with Crippen molar-refractivity contribution < 1.29 is 32.9 Å². The zero-order chi connectivity index (χ0) is 46.4. The summed E-state index contributed by atoms with van der Waals surface area (Å²) < 4.78 is 23.6. The molecule has 372 valence electrons. The molecule has 0 heterocycles. The minimum atomic E-state index is -4.35. The van der Waals surface area contributed by atoms with E-state index in [-0.39, 0.29) is 19.1 Å². The van der Waals surface area contributed by atoms with Gasteiger partial charge in [-0.2, -0.15) is 0 Å². The van der Waals surface area contributed by atoms with E-state index in [0.29, 0.717) is 17.4 Å². The highest BCUT2D eigenvalue weighted by Gasteiger charge is 2.27. The Morgan fingerprint density at radius 1 is 0.524 bits per heavy atom. The fourth-order valence-electron chi connectivity index (χ4n) is 7.82. The lowest BCUT2D eigenvalue weighted by molar-refractivity contribution is -0.870. The van der Waals surface area contributed by atoms with Crippen LogP contribution in [-0.2, 0) is 18.4 Å². The van der Waals surface area contributed by atoms with Crippen LogP contribution in [0.25, 0.3) is 0 Å². The van der Waals surface area contributed by atoms with Crippen LogP contribution < -0.4 is 5.32 Å². The number of allylic oxidation sites excluding steroid dienone is 5. The van der Waals surface area contributed by atoms with Gasteiger partial charge in [-0.3, -0.25) is 13.8 Å². The van der Waals surface area contributed by atoms with Crippen LogP contribution in [0.4, 0.5) is 0 Å². The summed E-state index contributed by atoms with van der Waals surface area (Å²) in [6.45, 7) is 4.80. The number of quaternary nitrogens is 1. The van der Waals surface area contributed by atoms with E-state index >= 15 is 0 Å². The van der Waals surface area contributed by atoms with Gasteiger partial charge in [0.05, 0.1) is 39.9 Å². The molecule has 0 aliphatic heterocycles. The lowest BCUT2D eigenvalue weighted by Gasteiger charge is -2.25. The van der Waals surface area contributed by atoms with Crippen molar-refractivity contribution in [1.82, 2.24) is 5.32 Å². The Hall–Kier alpha value is -1.28. The monoisotopic (exact) mass is 910 g/mol. The zero-order valence-corrected chi connectivity index (χ0v) is 43.2. The van der Waals surface area contributed by atoms with Gasteiger partial charge in [-0.1, -0.05) is 224 Å². The van der Waals surface area contributed by atoms with Gasteiger partial charge in [0.15, 0.2) is 0 Å². The predicted octanol–water partition coefficient (Wildman–Crippen LogP) is 15.8. The molecule has 1 amide bonds. The molecule has 0 aliphatic carbocycles. The quantitative estimate of drug-likeness (QED) is 0.0243. The third kappa shape index (κ3) is 48.5. The molecule has 0 rings (SSSR count). The fourth-order valence-corrected chi connectivity index (χ4v) is 8.55. The van der Waals surface area contributed by atoms with Gasteiger partial charge in [-0.05, 0) is 57.8 Å². The van der Waals surface area contributed by atoms with Crippen LogP contribution in [0.2, 0.25) is 0 Å². The lowest BCUT2D eigenvalue weighted by atomic mass is 10.0. The average molecular weight is 910 g/mol. The van der Waals surface area contributed by atoms with E-state index in [0.717, 1.165) is 51.4 Å². The van der Waals surface area contributed by atoms with Crippen molar-refractivity contribution in [3.8, 4) is 0 Å². The summed E-state index contributed by atoms with van der Waals surface area (Å²) in [6.07, 6.45) is 58.2. The average Bonchev–Trinajstić information content (AvgIpc) is 3.24. The van der Waals surface area contributed by atoms with Crippen LogP contribution in [-0.4, -0.2) is 73.4 Å². The van der Waals surface area contributed by atoms with Gasteiger partial charge in [-0.25, -0.2) is 4.57 Å². The summed E-state index contributed by atoms with van der Waals surface area (Å²) in [7, 11) is 1.55. The first kappa shape index (κ1) is 61.7. The van der Waals surface area contributed by atoms with Crippen molar-refractivity contribution in [3.05, 3.63) is 36.5 Å². The second kappa shape index (κ2) is 45.9. The largest absolute Gasteiger partial charge is 0.472 e. The van der Waals surface area contributed by atoms with E-state index < -0.39 is 20.0 Å². The van der Waals surface area contributed by atoms with Crippen molar-refractivity contribution >= 4 is 13.7 Å². The molecule has 0 aromatic heterocycles. The second-order valence-corrected chi connectivity index (χ2v) is 21.0. The number of carbonyl (C=O) groups excluding carboxylic acids is 1. The molecule has 3 unspecified atom stereocenters. The molecule has 8 nitrogen and oxygen atoms in total. The summed E-state index contributed by atoms with van der Waals surface area (Å²) in [4.78, 5) is 23.2. The Morgan fingerprint density at radius 2 is 0.873 bits per heavy atom. The standard InChI is InChI=1S/C54H105N2O6P/c1-6-8-10-12-14-16-18-20-22-23-24-25-26-27-28-29-30-31-32-33-34-35-37-39-41-43-45-47-53(57)52(51-62-63(59,60)61-50-49-56(3,4)5)55-54(58)48-46-44-42-40-38-36-21-19-17-15-13-11-9-7-2/h19,21,37,39,45,47,52-53,57H,6-18,20,22-36,38,40-44,46,48-51H2,1-5H3,(H-,55,58,59,60)/p+1/b21-19-,39-37+,47-45+. The Balaban J connectivity index is 4.24. The van der Waals surface area contributed by atoms with Gasteiger partial charge in [0, 0.05) is 6.42 Å². The van der Waals surface area contributed by atoms with E-state index in [9.17, 15) is 19.4 Å². The minimum absolute atomic E-state index is 0.0549. The number of rotatable bonds is 49. The number of nitrogens with zero attached hydrogens (tertiary/aromatic N) is 1. The Labute approximate surface area is 391 Å². The highest BCUT2D eigenvalue weighted by Crippen LogP contribution is 2.43. The van der Waals surface area contributed by atoms with Gasteiger partial charge < -0.3 is 19.8 Å². The second-order valence-electron chi connectivity index (χ2n) is 19.6. The molecular formula is C54H106N2O6P+. The van der Waals surface area contributed by atoms with Crippen LogP contribution in [0.5, 0.6) is 0 Å². The molecule has 0 aliphatic rings. The number of nitrogens with one attached hydrogen (secondary N) is 1. The third-order valence-corrected chi connectivity index (χ3v) is 13.1. The van der Waals surface area contributed by atoms with E-state index in [4.69, 9.17) is 9.05 Å². The van der Waals surface area contributed by atoms with Crippen LogP contribution in [0, 0.1) is 0 Å². The van der Waals surface area contributed by atoms with Crippen molar-refractivity contribution in [2.24, 2.45) is 0 Å². The number of amides is 1. The third-order valence-electron chi connectivity index (χ3n) is 12.1. The highest BCUT2D eigenvalue weighted by molar-refractivity contribution is 7.47. The summed E-state index contributed by atoms with van der Waals surface area (Å²) >= 11 is 0. The molecule has 3 N–H and O–H groups in total. The number of aliphatic hydroxyl groups excluding tert-OH is 1. The van der Waals surface area contributed by atoms with E-state index in [1.54, 1.807) is 6.08 Å². The van der Waals surface area contributed by atoms with Crippen LogP contribution in [0.1, 0.15) is 251 Å². The van der Waals surface area contributed by atoms with Crippen molar-refractivity contribution in [3.63, 3.8) is 0 Å². The number of carbonyl (C=O) groups is 1. The molecular weight excluding hydrogens is 804 g/mol. The molecule has 63 heavy (non-hydrogen) atoms. The molecule has 0 spiro atoms. The number of aliphatic hydroxyl groups is 1. The first-order chi connectivity index (χ1) is 30.5. The van der Waals surface area contributed by atoms with Gasteiger partial charge in [0.2, 0.25) is 5.91 Å². The molecule has 0 saturated heterocycles. The van der Waals surface area contributed by atoms with Crippen LogP contribution in [0.15, 0.2) is 36.5 Å². The SMILES string of the molecule is CCCCCCC/C=C\CCCCCCCC(=O)NC(COP(=O)(O)OCC[N+](C)(C)C)C(O)/C=C/CC/C=C/CCCCCCCCCCCCCCCCCCCCCCC. The van der Waals surface area contributed by atoms with E-state index in [1.807, 2.05) is 27.2 Å². The Kier molecular flexibility index (Phi) is 44.9. The maximum absolute atomic E-state index is 12.9. The molecule has 0 aromatic rings. The number of phosphoric ester groups is 1. The summed E-state index contributed by atoms with van der Waals surface area (Å²) in [5, 5.41) is 13.9. The Morgan fingerprint density at radius 3 is 1.27 bits per heavy atom. The molecule has 0 aromatic carbocycles. The number of likely N-dealkylation sites (N-methyl/N-ethyl adjacent to an activating group) is 1. The molecule has 0 bridgehead atoms. The minimum Gasteiger partial charge on any atom is -0.387 e. The maximum Gasteiger partial charge on any atom is 0.472 e. The summed E-state index contributed by atoms with van der Waals surface area (Å²) in [6, 6.07) is -0.866. The van der Waals surface area contributed by atoms with E-state index in [1.165, 1.54) is 180 Å². The van der Waals surface area contributed by atoms with Gasteiger partial charge in [0.1, 0.15) is 13.2 Å². The van der Waals surface area contributed by atoms with Crippen LogP contribution in [0.3, 0.4) is 0 Å². The zero-order valence-electron chi connectivity index (χ0n) is 42.3. The van der Waals surface area contributed by atoms with Crippen molar-refractivity contribution in [2.75, 3.05) is 40.9 Å². The first-order valence-electron chi connectivity index (χ1n) is 26.9. The molecule has 0 fully saturated rings. The van der Waals surface area contributed by atoms with Crippen molar-refractivity contribution in [1.29, 1.82) is 0 Å². The van der Waals surface area contributed by atoms with Crippen LogP contribution >= 0.6 is 7.82 Å².